The van der Waals surface area contributed by atoms with Crippen LogP contribution >= 0.6 is 23.4 Å². The SMILES string of the molecule is CCC(C)(CC(=O)SC#N)NC(=O)c1ccc(Cl)nc1. The Morgan fingerprint density at radius 1 is 1.55 bits per heavy atom. The van der Waals surface area contributed by atoms with Gasteiger partial charge in [-0.05, 0) is 25.5 Å². The summed E-state index contributed by atoms with van der Waals surface area (Å²) in [7, 11) is 0. The van der Waals surface area contributed by atoms with Gasteiger partial charge < -0.3 is 5.32 Å². The number of carbonyl (C=O) groups is 2. The van der Waals surface area contributed by atoms with E-state index in [4.69, 9.17) is 16.9 Å². The number of rotatable bonds is 5. The van der Waals surface area contributed by atoms with Crippen LogP contribution in [0.3, 0.4) is 0 Å². The lowest BCUT2D eigenvalue weighted by Gasteiger charge is -2.28. The number of hydrogen-bond acceptors (Lipinski definition) is 5. The molecular weight excluding hydrogens is 298 g/mol. The predicted octanol–water partition coefficient (Wildman–Crippen LogP) is 2.76. The molecule has 0 spiro atoms. The molecule has 1 amide bonds. The van der Waals surface area contributed by atoms with Crippen LogP contribution in [0.1, 0.15) is 37.0 Å². The second-order valence-electron chi connectivity index (χ2n) is 4.48. The molecule has 0 saturated carbocycles. The van der Waals surface area contributed by atoms with Gasteiger partial charge in [-0.2, -0.15) is 5.26 Å². The number of nitrogens with zero attached hydrogens (tertiary/aromatic N) is 2. The van der Waals surface area contributed by atoms with Crippen molar-refractivity contribution in [1.29, 1.82) is 5.26 Å². The lowest BCUT2D eigenvalue weighted by molar-refractivity contribution is -0.112. The van der Waals surface area contributed by atoms with Crippen LogP contribution in [0.5, 0.6) is 0 Å². The Morgan fingerprint density at radius 3 is 2.75 bits per heavy atom. The second-order valence-corrected chi connectivity index (χ2v) is 5.71. The highest BCUT2D eigenvalue weighted by Gasteiger charge is 2.28. The normalized spacial score (nSPS) is 13.1. The molecule has 1 aromatic heterocycles. The molecule has 0 aliphatic heterocycles. The van der Waals surface area contributed by atoms with E-state index in [9.17, 15) is 9.59 Å². The highest BCUT2D eigenvalue weighted by molar-refractivity contribution is 8.17. The van der Waals surface area contributed by atoms with Crippen LogP contribution < -0.4 is 5.32 Å². The molecule has 5 nitrogen and oxygen atoms in total. The second kappa shape index (κ2) is 7.27. The molecule has 20 heavy (non-hydrogen) atoms. The Morgan fingerprint density at radius 2 is 2.25 bits per heavy atom. The summed E-state index contributed by atoms with van der Waals surface area (Å²) in [6, 6.07) is 3.09. The minimum atomic E-state index is -0.697. The third kappa shape index (κ3) is 4.83. The van der Waals surface area contributed by atoms with Crippen molar-refractivity contribution in [1.82, 2.24) is 10.3 Å². The smallest absolute Gasteiger partial charge is 0.253 e. The molecule has 0 aromatic carbocycles. The standard InChI is InChI=1S/C13H14ClN3O2S/c1-3-13(2,6-11(18)20-8-15)17-12(19)9-4-5-10(14)16-7-9/h4-5,7H,3,6H2,1-2H3,(H,17,19). The molecule has 7 heteroatoms. The molecule has 1 N–H and O–H groups in total. The summed E-state index contributed by atoms with van der Waals surface area (Å²) in [6.45, 7) is 3.63. The van der Waals surface area contributed by atoms with Gasteiger partial charge in [0, 0.05) is 29.9 Å². The third-order valence-corrected chi connectivity index (χ3v) is 3.57. The van der Waals surface area contributed by atoms with Gasteiger partial charge in [0.15, 0.2) is 0 Å². The van der Waals surface area contributed by atoms with Crippen molar-refractivity contribution in [2.45, 2.75) is 32.2 Å². The summed E-state index contributed by atoms with van der Waals surface area (Å²) in [4.78, 5) is 27.5. The summed E-state index contributed by atoms with van der Waals surface area (Å²) in [5.74, 6) is -0.326. The first kappa shape index (κ1) is 16.5. The van der Waals surface area contributed by atoms with Crippen LogP contribution in [0.15, 0.2) is 18.3 Å². The van der Waals surface area contributed by atoms with E-state index in [0.29, 0.717) is 28.9 Å². The number of thiocyanates is 1. The van der Waals surface area contributed by atoms with Gasteiger partial charge in [-0.1, -0.05) is 18.5 Å². The highest BCUT2D eigenvalue weighted by atomic mass is 35.5. The molecule has 106 valence electrons. The van der Waals surface area contributed by atoms with Crippen LogP contribution in [0.2, 0.25) is 5.15 Å². The molecule has 1 aromatic rings. The molecule has 0 saturated heterocycles. The number of thioether (sulfide) groups is 1. The summed E-state index contributed by atoms with van der Waals surface area (Å²) in [5.41, 5.74) is -0.327. The van der Waals surface area contributed by atoms with Crippen molar-refractivity contribution in [3.8, 4) is 5.40 Å². The Balaban J connectivity index is 2.76. The third-order valence-electron chi connectivity index (χ3n) is 2.88. The molecule has 0 bridgehead atoms. The van der Waals surface area contributed by atoms with Gasteiger partial charge >= 0.3 is 0 Å². The zero-order valence-electron chi connectivity index (χ0n) is 11.1. The van der Waals surface area contributed by atoms with E-state index in [1.54, 1.807) is 18.4 Å². The average molecular weight is 312 g/mol. The predicted molar refractivity (Wildman–Crippen MR) is 78.2 cm³/mol. The minimum Gasteiger partial charge on any atom is -0.346 e. The van der Waals surface area contributed by atoms with Crippen LogP contribution in [0.25, 0.3) is 0 Å². The molecule has 0 aliphatic carbocycles. The number of carbonyl (C=O) groups excluding carboxylic acids is 2. The van der Waals surface area contributed by atoms with Crippen LogP contribution in [0.4, 0.5) is 0 Å². The minimum absolute atomic E-state index is 0.0918. The average Bonchev–Trinajstić information content (AvgIpc) is 2.39. The van der Waals surface area contributed by atoms with Crippen LogP contribution in [-0.4, -0.2) is 21.5 Å². The zero-order chi connectivity index (χ0) is 15.2. The maximum atomic E-state index is 12.1. The number of aromatic nitrogens is 1. The summed E-state index contributed by atoms with van der Waals surface area (Å²) >= 11 is 6.24. The summed E-state index contributed by atoms with van der Waals surface area (Å²) in [5, 5.41) is 13.0. The number of hydrogen-bond donors (Lipinski definition) is 1. The molecular formula is C13H14ClN3O2S. The number of pyridine rings is 1. The van der Waals surface area contributed by atoms with Crippen molar-refractivity contribution >= 4 is 34.4 Å². The van der Waals surface area contributed by atoms with Gasteiger partial charge in [-0.3, -0.25) is 9.59 Å². The van der Waals surface area contributed by atoms with Crippen LogP contribution in [-0.2, 0) is 4.79 Å². The fourth-order valence-corrected chi connectivity index (χ4v) is 2.12. The van der Waals surface area contributed by atoms with Gasteiger partial charge in [0.25, 0.3) is 5.91 Å². The Labute approximate surface area is 126 Å². The largest absolute Gasteiger partial charge is 0.346 e. The Hall–Kier alpha value is -1.58. The first-order valence-corrected chi connectivity index (χ1v) is 7.12. The highest BCUT2D eigenvalue weighted by Crippen LogP contribution is 2.19. The summed E-state index contributed by atoms with van der Waals surface area (Å²) in [6.07, 6.45) is 2.03. The Bertz CT molecular complexity index is 542. The van der Waals surface area contributed by atoms with Gasteiger partial charge in [0.2, 0.25) is 5.12 Å². The van der Waals surface area contributed by atoms with E-state index in [1.165, 1.54) is 12.3 Å². The molecule has 1 rings (SSSR count). The van der Waals surface area contributed by atoms with Crippen molar-refractivity contribution in [3.63, 3.8) is 0 Å². The maximum absolute atomic E-state index is 12.1. The molecule has 1 unspecified atom stereocenters. The monoisotopic (exact) mass is 311 g/mol. The van der Waals surface area contributed by atoms with Crippen molar-refractivity contribution < 1.29 is 9.59 Å². The van der Waals surface area contributed by atoms with Crippen molar-refractivity contribution in [3.05, 3.63) is 29.0 Å². The topological polar surface area (TPSA) is 82.9 Å². The number of nitrogens with one attached hydrogen (secondary N) is 1. The fourth-order valence-electron chi connectivity index (χ4n) is 1.52. The number of nitriles is 1. The molecule has 0 fully saturated rings. The van der Waals surface area contributed by atoms with E-state index < -0.39 is 5.54 Å². The molecule has 0 radical (unpaired) electrons. The maximum Gasteiger partial charge on any atom is 0.253 e. The number of amides is 1. The zero-order valence-corrected chi connectivity index (χ0v) is 12.7. The van der Waals surface area contributed by atoms with E-state index in [2.05, 4.69) is 10.3 Å². The van der Waals surface area contributed by atoms with Gasteiger partial charge in [0.1, 0.15) is 10.6 Å². The van der Waals surface area contributed by atoms with E-state index in [-0.39, 0.29) is 17.4 Å². The molecule has 1 atom stereocenters. The van der Waals surface area contributed by atoms with Crippen LogP contribution in [0, 0.1) is 10.7 Å². The van der Waals surface area contributed by atoms with E-state index in [0.717, 1.165) is 0 Å². The quantitative estimate of drug-likeness (QED) is 0.668. The van der Waals surface area contributed by atoms with Crippen molar-refractivity contribution in [2.75, 3.05) is 0 Å². The van der Waals surface area contributed by atoms with Gasteiger partial charge in [0.05, 0.1) is 5.56 Å². The first-order valence-electron chi connectivity index (χ1n) is 5.93. The lowest BCUT2D eigenvalue weighted by atomic mass is 9.94. The van der Waals surface area contributed by atoms with Crippen molar-refractivity contribution in [2.24, 2.45) is 0 Å². The van der Waals surface area contributed by atoms with Gasteiger partial charge in [-0.25, -0.2) is 4.98 Å². The van der Waals surface area contributed by atoms with E-state index in [1.807, 2.05) is 6.92 Å². The fraction of sp³-hybridized carbons (Fsp3) is 0.385. The van der Waals surface area contributed by atoms with E-state index >= 15 is 0 Å². The molecule has 0 aliphatic rings. The molecule has 1 heterocycles. The lowest BCUT2D eigenvalue weighted by Crippen LogP contribution is -2.46. The Kier molecular flexibility index (Phi) is 5.99. The summed E-state index contributed by atoms with van der Waals surface area (Å²) < 4.78 is 0. The number of halogens is 1. The first-order chi connectivity index (χ1) is 9.40. The van der Waals surface area contributed by atoms with Gasteiger partial charge in [-0.15, -0.1) is 0 Å².